The Morgan fingerprint density at radius 1 is 0.805 bits per heavy atom. The third kappa shape index (κ3) is 10.5. The molecule has 0 aromatic heterocycles. The molecule has 3 rings (SSSR count). The van der Waals surface area contributed by atoms with Gasteiger partial charge >= 0.3 is 0 Å². The number of nitrogens with one attached hydrogen (secondary N) is 1. The number of carbonyl (C=O) groups excluding carboxylic acids is 2. The number of carbonyl (C=O) groups is 2. The lowest BCUT2D eigenvalue weighted by Crippen LogP contribution is -2.65. The Balaban J connectivity index is 1.73. The molecule has 1 fully saturated rings. The molecule has 8 nitrogen and oxygen atoms in total. The zero-order chi connectivity index (χ0) is 29.6. The summed E-state index contributed by atoms with van der Waals surface area (Å²) in [6.45, 7) is 7.46. The van der Waals surface area contributed by atoms with Crippen LogP contribution in [0.3, 0.4) is 0 Å². The fourth-order valence-corrected chi connectivity index (χ4v) is 5.78. The van der Waals surface area contributed by atoms with Gasteiger partial charge in [0.2, 0.25) is 11.8 Å². The number of hydrogen-bond acceptors (Lipinski definition) is 6. The van der Waals surface area contributed by atoms with E-state index in [-0.39, 0.29) is 23.9 Å². The second-order valence-corrected chi connectivity index (χ2v) is 11.9. The molecule has 4 atom stereocenters. The van der Waals surface area contributed by atoms with Crippen LogP contribution in [-0.2, 0) is 22.4 Å². The van der Waals surface area contributed by atoms with Crippen molar-refractivity contribution in [1.82, 2.24) is 15.1 Å². The quantitative estimate of drug-likeness (QED) is 0.232. The smallest absolute Gasteiger partial charge is 0.239 e. The average Bonchev–Trinajstić information content (AvgIpc) is 2.98. The molecule has 7 N–H and O–H groups in total. The fourth-order valence-electron chi connectivity index (χ4n) is 5.78. The highest BCUT2D eigenvalue weighted by Crippen LogP contribution is 2.25. The molecule has 0 aliphatic carbocycles. The number of hydrogen-bond donors (Lipinski definition) is 4. The van der Waals surface area contributed by atoms with Gasteiger partial charge in [0.25, 0.3) is 0 Å². The van der Waals surface area contributed by atoms with Crippen LogP contribution in [0.1, 0.15) is 57.1 Å². The summed E-state index contributed by atoms with van der Waals surface area (Å²) in [5.74, 6) is 0.338. The molecular formula is C33H52N6O2. The minimum atomic E-state index is -0.580. The summed E-state index contributed by atoms with van der Waals surface area (Å²) in [5, 5.41) is 3.35. The van der Waals surface area contributed by atoms with Crippen molar-refractivity contribution in [3.8, 4) is 0 Å². The molecule has 1 aliphatic heterocycles. The predicted octanol–water partition coefficient (Wildman–Crippen LogP) is 2.69. The SMILES string of the molecule is CC(C)C[C@@H]1CN(C(=O)[C@H](N)CCc2ccccc2)[C@@H](CCCNCCN)CN1C(=O)[C@H](N)CCc1ccccc1. The number of aryl methyl sites for hydroxylation is 2. The highest BCUT2D eigenvalue weighted by atomic mass is 16.2. The maximum absolute atomic E-state index is 13.8. The Morgan fingerprint density at radius 2 is 1.29 bits per heavy atom. The molecule has 0 bridgehead atoms. The minimum absolute atomic E-state index is 0.0155. The van der Waals surface area contributed by atoms with Crippen LogP contribution < -0.4 is 22.5 Å². The van der Waals surface area contributed by atoms with Gasteiger partial charge in [0.15, 0.2) is 0 Å². The van der Waals surface area contributed by atoms with E-state index in [1.165, 1.54) is 11.1 Å². The van der Waals surface area contributed by atoms with Crippen molar-refractivity contribution in [1.29, 1.82) is 0 Å². The van der Waals surface area contributed by atoms with E-state index in [9.17, 15) is 9.59 Å². The molecule has 1 aliphatic rings. The van der Waals surface area contributed by atoms with Crippen molar-refractivity contribution in [2.24, 2.45) is 23.1 Å². The molecule has 0 spiro atoms. The van der Waals surface area contributed by atoms with E-state index >= 15 is 0 Å². The van der Waals surface area contributed by atoms with Gasteiger partial charge < -0.3 is 32.3 Å². The summed E-state index contributed by atoms with van der Waals surface area (Å²) >= 11 is 0. The van der Waals surface area contributed by atoms with Crippen LogP contribution in [0.5, 0.6) is 0 Å². The molecule has 0 unspecified atom stereocenters. The molecule has 2 aromatic carbocycles. The Kier molecular flexibility index (Phi) is 13.8. The second-order valence-electron chi connectivity index (χ2n) is 11.9. The fraction of sp³-hybridized carbons (Fsp3) is 0.576. The Labute approximate surface area is 247 Å². The normalized spacial score (nSPS) is 18.9. The third-order valence-electron chi connectivity index (χ3n) is 8.03. The van der Waals surface area contributed by atoms with Gasteiger partial charge in [0, 0.05) is 38.3 Å². The monoisotopic (exact) mass is 564 g/mol. The summed E-state index contributed by atoms with van der Waals surface area (Å²) in [5.41, 5.74) is 21.0. The van der Waals surface area contributed by atoms with Crippen molar-refractivity contribution >= 4 is 11.8 Å². The molecular weight excluding hydrogens is 512 g/mol. The molecule has 2 aromatic rings. The largest absolute Gasteiger partial charge is 0.335 e. The van der Waals surface area contributed by atoms with Gasteiger partial charge in [-0.2, -0.15) is 0 Å². The zero-order valence-electron chi connectivity index (χ0n) is 25.1. The van der Waals surface area contributed by atoms with Crippen molar-refractivity contribution in [3.05, 3.63) is 71.8 Å². The van der Waals surface area contributed by atoms with Crippen molar-refractivity contribution < 1.29 is 9.59 Å². The minimum Gasteiger partial charge on any atom is -0.335 e. The van der Waals surface area contributed by atoms with Gasteiger partial charge in [0.1, 0.15) is 0 Å². The van der Waals surface area contributed by atoms with Crippen LogP contribution in [0.25, 0.3) is 0 Å². The van der Waals surface area contributed by atoms with E-state index in [1.54, 1.807) is 0 Å². The van der Waals surface area contributed by atoms with E-state index in [0.29, 0.717) is 38.4 Å². The number of amides is 2. The first kappa shape index (κ1) is 32.7. The number of rotatable bonds is 16. The predicted molar refractivity (Wildman–Crippen MR) is 167 cm³/mol. The summed E-state index contributed by atoms with van der Waals surface area (Å²) in [6, 6.07) is 19.0. The molecule has 0 radical (unpaired) electrons. The van der Waals surface area contributed by atoms with Crippen LogP contribution in [0.15, 0.2) is 60.7 Å². The molecule has 0 saturated carbocycles. The topological polar surface area (TPSA) is 131 Å². The van der Waals surface area contributed by atoms with E-state index < -0.39 is 12.1 Å². The average molecular weight is 565 g/mol. The summed E-state index contributed by atoms with van der Waals surface area (Å²) in [4.78, 5) is 31.6. The van der Waals surface area contributed by atoms with Gasteiger partial charge in [-0.25, -0.2) is 0 Å². The summed E-state index contributed by atoms with van der Waals surface area (Å²) in [6.07, 6.45) is 5.17. The van der Waals surface area contributed by atoms with Crippen molar-refractivity contribution in [2.75, 3.05) is 32.7 Å². The van der Waals surface area contributed by atoms with Gasteiger partial charge in [-0.15, -0.1) is 0 Å². The van der Waals surface area contributed by atoms with Gasteiger partial charge in [-0.1, -0.05) is 74.5 Å². The molecule has 1 saturated heterocycles. The number of piperazine rings is 1. The van der Waals surface area contributed by atoms with E-state index in [4.69, 9.17) is 17.2 Å². The molecule has 2 amide bonds. The highest BCUT2D eigenvalue weighted by molar-refractivity contribution is 5.84. The summed E-state index contributed by atoms with van der Waals surface area (Å²) < 4.78 is 0. The zero-order valence-corrected chi connectivity index (χ0v) is 25.1. The third-order valence-corrected chi connectivity index (χ3v) is 8.03. The lowest BCUT2D eigenvalue weighted by molar-refractivity contribution is -0.149. The lowest BCUT2D eigenvalue weighted by atomic mass is 9.93. The molecule has 226 valence electrons. The van der Waals surface area contributed by atoms with E-state index in [2.05, 4.69) is 43.4 Å². The lowest BCUT2D eigenvalue weighted by Gasteiger charge is -2.48. The van der Waals surface area contributed by atoms with Crippen molar-refractivity contribution in [2.45, 2.75) is 83.0 Å². The Bertz CT molecular complexity index is 1030. The van der Waals surface area contributed by atoms with Crippen molar-refractivity contribution in [3.63, 3.8) is 0 Å². The van der Waals surface area contributed by atoms with Crippen LogP contribution in [0.2, 0.25) is 0 Å². The molecule has 8 heteroatoms. The van der Waals surface area contributed by atoms with E-state index in [0.717, 1.165) is 45.2 Å². The van der Waals surface area contributed by atoms with Crippen LogP contribution >= 0.6 is 0 Å². The Morgan fingerprint density at radius 3 is 1.78 bits per heavy atom. The highest BCUT2D eigenvalue weighted by Gasteiger charge is 2.40. The first-order chi connectivity index (χ1) is 19.8. The molecule has 41 heavy (non-hydrogen) atoms. The maximum atomic E-state index is 13.8. The van der Waals surface area contributed by atoms with E-state index in [1.807, 2.05) is 46.2 Å². The second kappa shape index (κ2) is 17.2. The standard InChI is InChI=1S/C33H52N6O2/c1-25(2)22-29-24-38(32(40)30(35)17-15-26-10-5-3-6-11-26)28(14-9-20-37-21-19-34)23-39(29)33(41)31(36)18-16-27-12-7-4-8-13-27/h3-8,10-13,25,28-31,37H,9,14-24,34-36H2,1-2H3/t28-,29+,30+,31+/m0/s1. The number of benzene rings is 2. The van der Waals surface area contributed by atoms with Gasteiger partial charge in [-0.05, 0) is 68.5 Å². The van der Waals surface area contributed by atoms with Crippen LogP contribution in [0, 0.1) is 5.92 Å². The first-order valence-corrected chi connectivity index (χ1v) is 15.4. The first-order valence-electron chi connectivity index (χ1n) is 15.4. The Hall–Kier alpha value is -2.78. The molecule has 1 heterocycles. The number of nitrogens with zero attached hydrogens (tertiary/aromatic N) is 2. The number of nitrogens with two attached hydrogens (primary N) is 3. The maximum Gasteiger partial charge on any atom is 0.239 e. The van der Waals surface area contributed by atoms with Crippen LogP contribution in [0.4, 0.5) is 0 Å². The summed E-state index contributed by atoms with van der Waals surface area (Å²) in [7, 11) is 0. The van der Waals surface area contributed by atoms with Crippen LogP contribution in [-0.4, -0.2) is 78.5 Å². The van der Waals surface area contributed by atoms with Gasteiger partial charge in [0.05, 0.1) is 12.1 Å². The van der Waals surface area contributed by atoms with Gasteiger partial charge in [-0.3, -0.25) is 9.59 Å².